The highest BCUT2D eigenvalue weighted by molar-refractivity contribution is 9.09. The van der Waals surface area contributed by atoms with Crippen molar-refractivity contribution in [1.82, 2.24) is 0 Å². The summed E-state index contributed by atoms with van der Waals surface area (Å²) < 4.78 is 5.08. The maximum Gasteiger partial charge on any atom is 0.306 e. The minimum absolute atomic E-state index is 0.0746. The Bertz CT molecular complexity index is 154. The molecule has 0 N–H and O–H groups in total. The van der Waals surface area contributed by atoms with Gasteiger partial charge in [-0.3, -0.25) is 4.79 Å². The second-order valence-corrected chi connectivity index (χ2v) is 3.78. The van der Waals surface area contributed by atoms with Crippen LogP contribution in [0.25, 0.3) is 0 Å². The van der Waals surface area contributed by atoms with Crippen molar-refractivity contribution in [3.8, 4) is 0 Å². The van der Waals surface area contributed by atoms with Gasteiger partial charge in [0.05, 0.1) is 6.42 Å². The fourth-order valence-electron chi connectivity index (χ4n) is 1.11. The van der Waals surface area contributed by atoms with Gasteiger partial charge in [-0.1, -0.05) is 15.9 Å². The van der Waals surface area contributed by atoms with Crippen LogP contribution in [0.1, 0.15) is 20.3 Å². The zero-order chi connectivity index (χ0) is 7.78. The van der Waals surface area contributed by atoms with Gasteiger partial charge in [-0.25, -0.2) is 0 Å². The predicted molar refractivity (Wildman–Crippen MR) is 42.1 cm³/mol. The van der Waals surface area contributed by atoms with Crippen LogP contribution in [-0.4, -0.2) is 16.9 Å². The minimum atomic E-state index is -0.263. The SMILES string of the molecule is CC1(C)OC(=O)CC1CBr. The maximum atomic E-state index is 10.8. The Labute approximate surface area is 69.1 Å². The van der Waals surface area contributed by atoms with Gasteiger partial charge in [0.1, 0.15) is 5.60 Å². The van der Waals surface area contributed by atoms with Gasteiger partial charge in [0.2, 0.25) is 0 Å². The molecule has 0 aromatic rings. The molecular formula is C7H11BrO2. The van der Waals surface area contributed by atoms with Crippen LogP contribution < -0.4 is 0 Å². The van der Waals surface area contributed by atoms with Gasteiger partial charge in [-0.15, -0.1) is 0 Å². The molecule has 0 spiro atoms. The van der Waals surface area contributed by atoms with Crippen LogP contribution in [0.3, 0.4) is 0 Å². The Morgan fingerprint density at radius 2 is 2.40 bits per heavy atom. The summed E-state index contributed by atoms with van der Waals surface area (Å²) in [5, 5.41) is 0.839. The van der Waals surface area contributed by atoms with Crippen LogP contribution in [0.15, 0.2) is 0 Å². The van der Waals surface area contributed by atoms with Crippen LogP contribution in [0, 0.1) is 5.92 Å². The second kappa shape index (κ2) is 2.53. The highest BCUT2D eigenvalue weighted by Gasteiger charge is 2.40. The van der Waals surface area contributed by atoms with E-state index in [-0.39, 0.29) is 11.6 Å². The van der Waals surface area contributed by atoms with Gasteiger partial charge in [0.25, 0.3) is 0 Å². The molecule has 58 valence electrons. The predicted octanol–water partition coefficient (Wildman–Crippen LogP) is 1.72. The second-order valence-electron chi connectivity index (χ2n) is 3.13. The van der Waals surface area contributed by atoms with Gasteiger partial charge in [-0.05, 0) is 13.8 Å². The van der Waals surface area contributed by atoms with Crippen molar-refractivity contribution in [3.63, 3.8) is 0 Å². The first kappa shape index (κ1) is 8.05. The summed E-state index contributed by atoms with van der Waals surface area (Å²) in [7, 11) is 0. The molecule has 1 fully saturated rings. The number of hydrogen-bond acceptors (Lipinski definition) is 2. The third-order valence-electron chi connectivity index (χ3n) is 1.96. The summed E-state index contributed by atoms with van der Waals surface area (Å²) in [6.45, 7) is 3.90. The van der Waals surface area contributed by atoms with E-state index in [2.05, 4.69) is 15.9 Å². The molecule has 1 aliphatic rings. The number of carbonyl (C=O) groups is 1. The number of hydrogen-bond donors (Lipinski definition) is 0. The normalized spacial score (nSPS) is 30.3. The highest BCUT2D eigenvalue weighted by atomic mass is 79.9. The molecule has 1 aliphatic heterocycles. The number of cyclic esters (lactones) is 1. The largest absolute Gasteiger partial charge is 0.459 e. The number of carbonyl (C=O) groups excluding carboxylic acids is 1. The molecule has 0 saturated carbocycles. The molecule has 1 heterocycles. The van der Waals surface area contributed by atoms with E-state index in [9.17, 15) is 4.79 Å². The molecule has 1 saturated heterocycles. The molecule has 3 heteroatoms. The lowest BCUT2D eigenvalue weighted by Gasteiger charge is -2.22. The van der Waals surface area contributed by atoms with Crippen molar-refractivity contribution in [2.75, 3.05) is 5.33 Å². The smallest absolute Gasteiger partial charge is 0.306 e. The van der Waals surface area contributed by atoms with E-state index in [1.165, 1.54) is 0 Å². The number of alkyl halides is 1. The zero-order valence-corrected chi connectivity index (χ0v) is 7.77. The monoisotopic (exact) mass is 206 g/mol. The molecular weight excluding hydrogens is 196 g/mol. The van der Waals surface area contributed by atoms with Crippen LogP contribution in [0.2, 0.25) is 0 Å². The maximum absolute atomic E-state index is 10.8. The summed E-state index contributed by atoms with van der Waals surface area (Å²) >= 11 is 3.35. The summed E-state index contributed by atoms with van der Waals surface area (Å²) in [4.78, 5) is 10.8. The molecule has 0 aromatic carbocycles. The lowest BCUT2D eigenvalue weighted by molar-refractivity contribution is -0.146. The first-order chi connectivity index (χ1) is 4.56. The number of ether oxygens (including phenoxy) is 1. The lowest BCUT2D eigenvalue weighted by Crippen LogP contribution is -2.28. The number of esters is 1. The summed E-state index contributed by atoms with van der Waals surface area (Å²) in [5.41, 5.74) is -0.263. The standard InChI is InChI=1S/C7H11BrO2/c1-7(2)5(4-8)3-6(9)10-7/h5H,3-4H2,1-2H3. The van der Waals surface area contributed by atoms with Gasteiger partial charge < -0.3 is 4.74 Å². The average Bonchev–Trinajstić information content (AvgIpc) is 2.04. The fourth-order valence-corrected chi connectivity index (χ4v) is 2.11. The molecule has 0 aromatic heterocycles. The van der Waals surface area contributed by atoms with Crippen molar-refractivity contribution in [1.29, 1.82) is 0 Å². The number of rotatable bonds is 1. The molecule has 1 rings (SSSR count). The van der Waals surface area contributed by atoms with Crippen molar-refractivity contribution < 1.29 is 9.53 Å². The van der Waals surface area contributed by atoms with Gasteiger partial charge in [0, 0.05) is 11.2 Å². The van der Waals surface area contributed by atoms with E-state index < -0.39 is 0 Å². The first-order valence-corrected chi connectivity index (χ1v) is 4.46. The molecule has 0 amide bonds. The molecule has 0 aliphatic carbocycles. The van der Waals surface area contributed by atoms with Crippen LogP contribution in [0.4, 0.5) is 0 Å². The van der Waals surface area contributed by atoms with Gasteiger partial charge >= 0.3 is 5.97 Å². The Morgan fingerprint density at radius 3 is 2.60 bits per heavy atom. The topological polar surface area (TPSA) is 26.3 Å². The lowest BCUT2D eigenvalue weighted by atomic mass is 9.93. The van der Waals surface area contributed by atoms with Crippen LogP contribution in [-0.2, 0) is 9.53 Å². The van der Waals surface area contributed by atoms with E-state index in [1.54, 1.807) is 0 Å². The first-order valence-electron chi connectivity index (χ1n) is 3.34. The third kappa shape index (κ3) is 1.34. The van der Waals surface area contributed by atoms with E-state index in [0.717, 1.165) is 5.33 Å². The Hall–Kier alpha value is -0.0500. The van der Waals surface area contributed by atoms with Crippen molar-refractivity contribution in [2.24, 2.45) is 5.92 Å². The highest BCUT2D eigenvalue weighted by Crippen LogP contribution is 2.33. The molecule has 0 radical (unpaired) electrons. The minimum Gasteiger partial charge on any atom is -0.459 e. The van der Waals surface area contributed by atoms with Crippen molar-refractivity contribution in [3.05, 3.63) is 0 Å². The fraction of sp³-hybridized carbons (Fsp3) is 0.857. The van der Waals surface area contributed by atoms with E-state index in [1.807, 2.05) is 13.8 Å². The van der Waals surface area contributed by atoms with Gasteiger partial charge in [-0.2, -0.15) is 0 Å². The molecule has 1 unspecified atom stereocenters. The summed E-state index contributed by atoms with van der Waals surface area (Å²) in [6, 6.07) is 0. The number of halogens is 1. The van der Waals surface area contributed by atoms with Crippen LogP contribution in [0.5, 0.6) is 0 Å². The molecule has 1 atom stereocenters. The van der Waals surface area contributed by atoms with Gasteiger partial charge in [0.15, 0.2) is 0 Å². The van der Waals surface area contributed by atoms with E-state index >= 15 is 0 Å². The average molecular weight is 207 g/mol. The molecule has 10 heavy (non-hydrogen) atoms. The van der Waals surface area contributed by atoms with E-state index in [4.69, 9.17) is 4.74 Å². The zero-order valence-electron chi connectivity index (χ0n) is 6.19. The van der Waals surface area contributed by atoms with Crippen molar-refractivity contribution >= 4 is 21.9 Å². The third-order valence-corrected chi connectivity index (χ3v) is 2.74. The Morgan fingerprint density at radius 1 is 1.80 bits per heavy atom. The summed E-state index contributed by atoms with van der Waals surface area (Å²) in [5.74, 6) is 0.259. The summed E-state index contributed by atoms with van der Waals surface area (Å²) in [6.07, 6.45) is 0.554. The quantitative estimate of drug-likeness (QED) is 0.483. The molecule has 0 bridgehead atoms. The Balaban J connectivity index is 2.67. The van der Waals surface area contributed by atoms with E-state index in [0.29, 0.717) is 12.3 Å². The Kier molecular flexibility index (Phi) is 2.04. The van der Waals surface area contributed by atoms with Crippen molar-refractivity contribution in [2.45, 2.75) is 25.9 Å². The molecule has 2 nitrogen and oxygen atoms in total. The van der Waals surface area contributed by atoms with Crippen LogP contribution >= 0.6 is 15.9 Å².